The molecule has 0 aliphatic carbocycles. The number of rotatable bonds is 9. The van der Waals surface area contributed by atoms with Gasteiger partial charge in [0.15, 0.2) is 0 Å². The summed E-state index contributed by atoms with van der Waals surface area (Å²) in [6.45, 7) is 34.9. The van der Waals surface area contributed by atoms with Crippen LogP contribution in [0.1, 0.15) is 79.0 Å². The summed E-state index contributed by atoms with van der Waals surface area (Å²) >= 11 is 0. The number of nitrogens with zero attached hydrogens (tertiary/aromatic N) is 3. The Balaban J connectivity index is 1.42. The maximum absolute atomic E-state index is 12.7. The summed E-state index contributed by atoms with van der Waals surface area (Å²) in [5.41, 5.74) is 17.4. The Hall–Kier alpha value is -6.61. The summed E-state index contributed by atoms with van der Waals surface area (Å²) in [5.74, 6) is 0.961. The van der Waals surface area contributed by atoms with Crippen molar-refractivity contribution in [3.8, 4) is 78.6 Å². The van der Waals surface area contributed by atoms with Crippen molar-refractivity contribution in [2.45, 2.75) is 118 Å². The van der Waals surface area contributed by atoms with Gasteiger partial charge < -0.3 is 5.11 Å². The lowest BCUT2D eigenvalue weighted by molar-refractivity contribution is 0.446. The molecule has 0 amide bonds. The third-order valence-corrected chi connectivity index (χ3v) is 18.3. The number of aromatic nitrogens is 3. The van der Waals surface area contributed by atoms with Crippen LogP contribution < -0.4 is 10.4 Å². The molecule has 0 radical (unpaired) electrons. The second kappa shape index (κ2) is 18.5. The monoisotopic (exact) mass is 980 g/mol. The Morgan fingerprint density at radius 2 is 1.01 bits per heavy atom. The minimum atomic E-state index is -1.86. The van der Waals surface area contributed by atoms with Crippen LogP contribution in [-0.2, 0) is 16.2 Å². The molecule has 0 aliphatic heterocycles. The molecule has 366 valence electrons. The Bertz CT molecular complexity index is 3450. The van der Waals surface area contributed by atoms with Crippen molar-refractivity contribution in [2.24, 2.45) is 0 Å². The van der Waals surface area contributed by atoms with Gasteiger partial charge in [0.2, 0.25) is 0 Å². The van der Waals surface area contributed by atoms with E-state index in [9.17, 15) is 5.11 Å². The summed E-state index contributed by atoms with van der Waals surface area (Å²) in [6, 6.07) is 57.7. The summed E-state index contributed by atoms with van der Waals surface area (Å²) in [4.78, 5) is 10.9. The van der Waals surface area contributed by atoms with Gasteiger partial charge in [-0.25, -0.2) is 4.98 Å². The molecule has 7 aromatic carbocycles. The van der Waals surface area contributed by atoms with E-state index in [0.717, 1.165) is 72.5 Å². The minimum Gasteiger partial charge on any atom is -0.507 e. The second-order valence-corrected chi connectivity index (χ2v) is 35.1. The first-order valence-corrected chi connectivity index (χ1v) is 32.7. The van der Waals surface area contributed by atoms with Gasteiger partial charge in [-0.1, -0.05) is 215 Å². The first-order chi connectivity index (χ1) is 33.8. The van der Waals surface area contributed by atoms with Crippen LogP contribution in [0.2, 0.25) is 39.3 Å². The van der Waals surface area contributed by atoms with Crippen LogP contribution in [0.25, 0.3) is 83.9 Å². The van der Waals surface area contributed by atoms with Crippen LogP contribution >= 0.6 is 0 Å². The number of phenols is 1. The first kappa shape index (κ1) is 50.3. The molecule has 0 spiro atoms. The van der Waals surface area contributed by atoms with Gasteiger partial charge >= 0.3 is 0 Å². The maximum Gasteiger partial charge on any atom is 0.149 e. The quantitative estimate of drug-likeness (QED) is 0.147. The number of imidazole rings is 1. The predicted octanol–water partition coefficient (Wildman–Crippen LogP) is 17.1. The van der Waals surface area contributed by atoms with E-state index in [2.05, 4.69) is 264 Å². The Morgan fingerprint density at radius 3 is 1.61 bits per heavy atom. The van der Waals surface area contributed by atoms with Gasteiger partial charge in [0.05, 0.1) is 44.1 Å². The normalized spacial score (nSPS) is 12.7. The molecular weight excluding hydrogens is 907 g/mol. The molecule has 2 heterocycles. The summed E-state index contributed by atoms with van der Waals surface area (Å²) in [5, 5.41) is 15.7. The van der Waals surface area contributed by atoms with Crippen molar-refractivity contribution < 1.29 is 5.11 Å². The molecule has 9 aromatic rings. The third kappa shape index (κ3) is 9.84. The predicted molar refractivity (Wildman–Crippen MR) is 315 cm³/mol. The molecule has 2 aromatic heterocycles. The molecule has 4 nitrogen and oxygen atoms in total. The highest BCUT2D eigenvalue weighted by molar-refractivity contribution is 6.93. The van der Waals surface area contributed by atoms with Crippen molar-refractivity contribution in [3.05, 3.63) is 181 Å². The van der Waals surface area contributed by atoms with Crippen molar-refractivity contribution in [3.63, 3.8) is 0 Å². The fourth-order valence-electron chi connectivity index (χ4n) is 10.2. The van der Waals surface area contributed by atoms with E-state index in [1.54, 1.807) is 0 Å². The number of phenolic OH excluding ortho intramolecular Hbond substituents is 1. The molecule has 72 heavy (non-hydrogen) atoms. The molecule has 0 saturated carbocycles. The lowest BCUT2D eigenvalue weighted by Gasteiger charge is -2.29. The van der Waals surface area contributed by atoms with Crippen LogP contribution in [0.4, 0.5) is 0 Å². The smallest absolute Gasteiger partial charge is 0.149 e. The second-order valence-electron chi connectivity index (χ2n) is 25.0. The number of aromatic hydroxyl groups is 1. The lowest BCUT2D eigenvalue weighted by atomic mass is 9.79. The van der Waals surface area contributed by atoms with Crippen LogP contribution in [0.5, 0.6) is 5.75 Å². The van der Waals surface area contributed by atoms with Crippen LogP contribution in [0.15, 0.2) is 164 Å². The van der Waals surface area contributed by atoms with Gasteiger partial charge in [-0.15, -0.1) is 0 Å². The summed E-state index contributed by atoms with van der Waals surface area (Å²) in [7, 11) is -3.73. The van der Waals surface area contributed by atoms with E-state index in [4.69, 9.17) is 9.97 Å². The fourth-order valence-corrected chi connectivity index (χ4v) is 13.6. The van der Waals surface area contributed by atoms with Gasteiger partial charge in [-0.3, -0.25) is 9.55 Å². The van der Waals surface area contributed by atoms with Crippen LogP contribution in [0, 0.1) is 0 Å². The lowest BCUT2D eigenvalue weighted by Crippen LogP contribution is -2.47. The largest absolute Gasteiger partial charge is 0.507 e. The fraction of sp³-hybridized carbons (Fsp3) is 0.273. The van der Waals surface area contributed by atoms with E-state index >= 15 is 0 Å². The molecule has 0 aliphatic rings. The SMILES string of the molecule is CC(C)(C)c1ccc(-n2c(-c3cc(C(C)(C)C)cc(C(C)(C)C)c3O)nc3c(-c4cc(-c5cc(-c6ccccc6)ccn5)cc(-c5c([Si](C)(C)C)cccc5[Si](C)(C)C)c4)cccc32)c(-c2ccccc2)c1. The number of hydrogen-bond donors (Lipinski definition) is 1. The summed E-state index contributed by atoms with van der Waals surface area (Å²) < 4.78 is 2.32. The molecule has 6 heteroatoms. The first-order valence-electron chi connectivity index (χ1n) is 25.7. The molecule has 9 rings (SSSR count). The Kier molecular flexibility index (Phi) is 12.9. The molecular formula is C66H73N3OSi2. The van der Waals surface area contributed by atoms with Gasteiger partial charge in [0.1, 0.15) is 11.6 Å². The standard InChI is InChI=1S/C66H73N3OSi2/c1-64(2,3)49-32-33-56(52(40-49)44-26-20-17-21-27-44)69-57-29-22-28-51(61(57)68-63(69)53-41-50(65(4,5)6)42-54(62(53)70)66(7,8)9)46-36-47(55-39-45(34-35-67-55)43-24-18-16-19-25-43)38-48(37-46)60-58(71(10,11)12)30-23-31-59(60)72(13,14)15/h16-42,70H,1-15H3. The van der Waals surface area contributed by atoms with Gasteiger partial charge in [-0.2, -0.15) is 0 Å². The third-order valence-electron chi connectivity index (χ3n) is 14.3. The highest BCUT2D eigenvalue weighted by Gasteiger charge is 2.32. The van der Waals surface area contributed by atoms with Crippen molar-refractivity contribution in [1.82, 2.24) is 14.5 Å². The van der Waals surface area contributed by atoms with Gasteiger partial charge in [-0.05, 0) is 115 Å². The highest BCUT2D eigenvalue weighted by Crippen LogP contribution is 2.46. The topological polar surface area (TPSA) is 50.9 Å². The molecule has 0 bridgehead atoms. The van der Waals surface area contributed by atoms with Crippen molar-refractivity contribution >= 4 is 37.6 Å². The van der Waals surface area contributed by atoms with Crippen LogP contribution in [0.3, 0.4) is 0 Å². The van der Waals surface area contributed by atoms with E-state index in [-0.39, 0.29) is 22.0 Å². The van der Waals surface area contributed by atoms with Crippen molar-refractivity contribution in [2.75, 3.05) is 0 Å². The van der Waals surface area contributed by atoms with E-state index < -0.39 is 16.1 Å². The molecule has 0 saturated heterocycles. The average molecular weight is 981 g/mol. The van der Waals surface area contributed by atoms with Crippen LogP contribution in [-0.4, -0.2) is 35.8 Å². The Morgan fingerprint density at radius 1 is 0.444 bits per heavy atom. The van der Waals surface area contributed by atoms with E-state index in [1.807, 2.05) is 6.20 Å². The minimum absolute atomic E-state index is 0.0857. The number of pyridine rings is 1. The number of hydrogen-bond acceptors (Lipinski definition) is 3. The van der Waals surface area contributed by atoms with Gasteiger partial charge in [0.25, 0.3) is 0 Å². The van der Waals surface area contributed by atoms with E-state index in [1.165, 1.54) is 27.1 Å². The highest BCUT2D eigenvalue weighted by atomic mass is 28.3. The van der Waals surface area contributed by atoms with Gasteiger partial charge in [0, 0.05) is 28.5 Å². The number of fused-ring (bicyclic) bond motifs is 1. The zero-order valence-corrected chi connectivity index (χ0v) is 47.4. The number of para-hydroxylation sites is 1. The zero-order chi connectivity index (χ0) is 51.7. The van der Waals surface area contributed by atoms with Crippen molar-refractivity contribution in [1.29, 1.82) is 0 Å². The average Bonchev–Trinajstić information content (AvgIpc) is 3.72. The summed E-state index contributed by atoms with van der Waals surface area (Å²) in [6.07, 6.45) is 1.95. The molecule has 1 N–H and O–H groups in total. The molecule has 0 unspecified atom stereocenters. The van der Waals surface area contributed by atoms with E-state index in [0.29, 0.717) is 11.4 Å². The number of benzene rings is 7. The molecule has 0 fully saturated rings. The maximum atomic E-state index is 12.7. The molecule has 0 atom stereocenters. The Labute approximate surface area is 431 Å². The zero-order valence-electron chi connectivity index (χ0n) is 45.4.